The average Bonchev–Trinajstić information content (AvgIpc) is 2.27. The Balaban J connectivity index is 3.19. The lowest BCUT2D eigenvalue weighted by Crippen LogP contribution is -2.17. The molecule has 0 fully saturated rings. The maximum atomic E-state index is 11.8. The van der Waals surface area contributed by atoms with Crippen LogP contribution in [-0.4, -0.2) is 18.7 Å². The Morgan fingerprint density at radius 2 is 1.89 bits per heavy atom. The van der Waals surface area contributed by atoms with E-state index in [1.165, 1.54) is 0 Å². The summed E-state index contributed by atoms with van der Waals surface area (Å²) in [6, 6.07) is 5.48. The van der Waals surface area contributed by atoms with E-state index in [1.807, 2.05) is 26.0 Å². The van der Waals surface area contributed by atoms with Gasteiger partial charge in [-0.1, -0.05) is 20.8 Å². The van der Waals surface area contributed by atoms with Gasteiger partial charge in [0, 0.05) is 5.56 Å². The van der Waals surface area contributed by atoms with Crippen LogP contribution < -0.4 is 4.74 Å². The number of esters is 1. The standard InChI is InChI=1S/C16H24O3/c1-7-18-15(17)12-8-9-14(19-11(2)3)13(10-12)16(4,5)6/h8-11H,7H2,1-6H3. The molecule has 1 aromatic carbocycles. The highest BCUT2D eigenvalue weighted by Gasteiger charge is 2.22. The van der Waals surface area contributed by atoms with E-state index in [0.717, 1.165) is 11.3 Å². The Morgan fingerprint density at radius 3 is 2.37 bits per heavy atom. The highest BCUT2D eigenvalue weighted by atomic mass is 16.5. The first kappa shape index (κ1) is 15.5. The van der Waals surface area contributed by atoms with Crippen LogP contribution in [0.2, 0.25) is 0 Å². The van der Waals surface area contributed by atoms with Gasteiger partial charge in [0.15, 0.2) is 0 Å². The molecular formula is C16H24O3. The summed E-state index contributed by atoms with van der Waals surface area (Å²) in [4.78, 5) is 11.8. The second-order valence-corrected chi connectivity index (χ2v) is 5.85. The van der Waals surface area contributed by atoms with Crippen molar-refractivity contribution in [2.45, 2.75) is 53.1 Å². The topological polar surface area (TPSA) is 35.5 Å². The van der Waals surface area contributed by atoms with Crippen molar-refractivity contribution in [1.29, 1.82) is 0 Å². The Bertz CT molecular complexity index is 442. The first-order valence-corrected chi connectivity index (χ1v) is 6.74. The highest BCUT2D eigenvalue weighted by molar-refractivity contribution is 5.90. The van der Waals surface area contributed by atoms with Gasteiger partial charge in [0.05, 0.1) is 18.3 Å². The zero-order valence-corrected chi connectivity index (χ0v) is 12.7. The zero-order valence-electron chi connectivity index (χ0n) is 12.7. The molecule has 0 spiro atoms. The van der Waals surface area contributed by atoms with Crippen molar-refractivity contribution < 1.29 is 14.3 Å². The highest BCUT2D eigenvalue weighted by Crippen LogP contribution is 2.33. The van der Waals surface area contributed by atoms with Crippen LogP contribution in [0, 0.1) is 0 Å². The van der Waals surface area contributed by atoms with E-state index in [0.29, 0.717) is 12.2 Å². The summed E-state index contributed by atoms with van der Waals surface area (Å²) in [5.41, 5.74) is 1.50. The van der Waals surface area contributed by atoms with Crippen LogP contribution in [-0.2, 0) is 10.2 Å². The number of benzene rings is 1. The lowest BCUT2D eigenvalue weighted by molar-refractivity contribution is 0.0526. The quantitative estimate of drug-likeness (QED) is 0.772. The van der Waals surface area contributed by atoms with Crippen molar-refractivity contribution >= 4 is 5.97 Å². The molecule has 0 bridgehead atoms. The number of hydrogen-bond acceptors (Lipinski definition) is 3. The Hall–Kier alpha value is -1.51. The second-order valence-electron chi connectivity index (χ2n) is 5.85. The molecule has 19 heavy (non-hydrogen) atoms. The lowest BCUT2D eigenvalue weighted by atomic mass is 9.85. The Morgan fingerprint density at radius 1 is 1.26 bits per heavy atom. The van der Waals surface area contributed by atoms with E-state index in [4.69, 9.17) is 9.47 Å². The molecule has 0 atom stereocenters. The van der Waals surface area contributed by atoms with Gasteiger partial charge in [-0.3, -0.25) is 0 Å². The van der Waals surface area contributed by atoms with E-state index in [9.17, 15) is 4.79 Å². The molecular weight excluding hydrogens is 240 g/mol. The SMILES string of the molecule is CCOC(=O)c1ccc(OC(C)C)c(C(C)(C)C)c1. The molecule has 0 amide bonds. The summed E-state index contributed by atoms with van der Waals surface area (Å²) in [6.07, 6.45) is 0.106. The van der Waals surface area contributed by atoms with Gasteiger partial charge in [-0.05, 0) is 44.4 Å². The molecule has 0 heterocycles. The summed E-state index contributed by atoms with van der Waals surface area (Å²) in [5.74, 6) is 0.541. The Kier molecular flexibility index (Phi) is 4.98. The predicted octanol–water partition coefficient (Wildman–Crippen LogP) is 3.95. The summed E-state index contributed by atoms with van der Waals surface area (Å²) in [7, 11) is 0. The summed E-state index contributed by atoms with van der Waals surface area (Å²) in [6.45, 7) is 12.5. The molecule has 3 heteroatoms. The third-order valence-corrected chi connectivity index (χ3v) is 2.66. The maximum Gasteiger partial charge on any atom is 0.338 e. The van der Waals surface area contributed by atoms with Crippen LogP contribution in [0.25, 0.3) is 0 Å². The van der Waals surface area contributed by atoms with E-state index in [1.54, 1.807) is 13.0 Å². The maximum absolute atomic E-state index is 11.8. The van der Waals surface area contributed by atoms with E-state index in [2.05, 4.69) is 20.8 Å². The molecule has 0 aliphatic carbocycles. The van der Waals surface area contributed by atoms with Gasteiger partial charge in [-0.15, -0.1) is 0 Å². The van der Waals surface area contributed by atoms with Gasteiger partial charge in [-0.2, -0.15) is 0 Å². The zero-order chi connectivity index (χ0) is 14.6. The fraction of sp³-hybridized carbons (Fsp3) is 0.562. The van der Waals surface area contributed by atoms with Crippen LogP contribution in [0.4, 0.5) is 0 Å². The number of carbonyl (C=O) groups is 1. The number of rotatable bonds is 4. The predicted molar refractivity (Wildman–Crippen MR) is 76.9 cm³/mol. The molecule has 1 aromatic rings. The molecule has 0 aromatic heterocycles. The third-order valence-electron chi connectivity index (χ3n) is 2.66. The fourth-order valence-corrected chi connectivity index (χ4v) is 1.81. The number of carbonyl (C=O) groups excluding carboxylic acids is 1. The molecule has 106 valence electrons. The van der Waals surface area contributed by atoms with Crippen LogP contribution in [0.1, 0.15) is 57.5 Å². The second kappa shape index (κ2) is 6.09. The third kappa shape index (κ3) is 4.27. The van der Waals surface area contributed by atoms with Gasteiger partial charge in [0.1, 0.15) is 5.75 Å². The van der Waals surface area contributed by atoms with Crippen molar-refractivity contribution in [3.8, 4) is 5.75 Å². The number of ether oxygens (including phenoxy) is 2. The van der Waals surface area contributed by atoms with Crippen LogP contribution in [0.15, 0.2) is 18.2 Å². The van der Waals surface area contributed by atoms with Crippen molar-refractivity contribution in [1.82, 2.24) is 0 Å². The summed E-state index contributed by atoms with van der Waals surface area (Å²) >= 11 is 0. The smallest absolute Gasteiger partial charge is 0.338 e. The van der Waals surface area contributed by atoms with Crippen LogP contribution in [0.5, 0.6) is 5.75 Å². The Labute approximate surface area is 115 Å². The first-order valence-electron chi connectivity index (χ1n) is 6.74. The normalized spacial score (nSPS) is 11.5. The monoisotopic (exact) mass is 264 g/mol. The molecule has 3 nitrogen and oxygen atoms in total. The molecule has 0 unspecified atom stereocenters. The fourth-order valence-electron chi connectivity index (χ4n) is 1.81. The van der Waals surface area contributed by atoms with E-state index in [-0.39, 0.29) is 17.5 Å². The molecule has 0 aliphatic heterocycles. The van der Waals surface area contributed by atoms with Crippen LogP contribution >= 0.6 is 0 Å². The average molecular weight is 264 g/mol. The molecule has 1 rings (SSSR count). The molecule has 0 aliphatic rings. The summed E-state index contributed by atoms with van der Waals surface area (Å²) in [5, 5.41) is 0. The lowest BCUT2D eigenvalue weighted by Gasteiger charge is -2.24. The van der Waals surface area contributed by atoms with Gasteiger partial charge < -0.3 is 9.47 Å². The van der Waals surface area contributed by atoms with Crippen molar-refractivity contribution in [3.63, 3.8) is 0 Å². The minimum Gasteiger partial charge on any atom is -0.491 e. The van der Waals surface area contributed by atoms with Gasteiger partial charge in [-0.25, -0.2) is 4.79 Å². The first-order chi connectivity index (χ1) is 8.75. The van der Waals surface area contributed by atoms with Gasteiger partial charge in [0.25, 0.3) is 0 Å². The van der Waals surface area contributed by atoms with Crippen LogP contribution in [0.3, 0.4) is 0 Å². The molecule has 0 N–H and O–H groups in total. The van der Waals surface area contributed by atoms with Gasteiger partial charge in [0.2, 0.25) is 0 Å². The molecule has 0 saturated heterocycles. The summed E-state index contributed by atoms with van der Waals surface area (Å²) < 4.78 is 10.9. The van der Waals surface area contributed by atoms with E-state index >= 15 is 0 Å². The van der Waals surface area contributed by atoms with Gasteiger partial charge >= 0.3 is 5.97 Å². The van der Waals surface area contributed by atoms with Crippen molar-refractivity contribution in [3.05, 3.63) is 29.3 Å². The van der Waals surface area contributed by atoms with Crippen molar-refractivity contribution in [2.75, 3.05) is 6.61 Å². The van der Waals surface area contributed by atoms with Crippen molar-refractivity contribution in [2.24, 2.45) is 0 Å². The molecule has 0 saturated carbocycles. The minimum absolute atomic E-state index is 0.0905. The van der Waals surface area contributed by atoms with E-state index < -0.39 is 0 Å². The largest absolute Gasteiger partial charge is 0.491 e. The molecule has 0 radical (unpaired) electrons. The minimum atomic E-state index is -0.288. The number of hydrogen-bond donors (Lipinski definition) is 0.